The Morgan fingerprint density at radius 3 is 2.47 bits per heavy atom. The number of benzene rings is 2. The average Bonchev–Trinajstić information content (AvgIpc) is 3.10. The Morgan fingerprint density at radius 1 is 1.03 bits per heavy atom. The van der Waals surface area contributed by atoms with Crippen LogP contribution in [0.25, 0.3) is 10.9 Å². The highest BCUT2D eigenvalue weighted by Gasteiger charge is 2.26. The molecule has 1 fully saturated rings. The van der Waals surface area contributed by atoms with Crippen molar-refractivity contribution in [2.45, 2.75) is 49.6 Å². The van der Waals surface area contributed by atoms with Crippen molar-refractivity contribution in [3.8, 4) is 0 Å². The number of para-hydroxylation sites is 1. The van der Waals surface area contributed by atoms with Gasteiger partial charge in [0.2, 0.25) is 5.91 Å². The predicted molar refractivity (Wildman–Crippen MR) is 115 cm³/mol. The molecule has 1 aliphatic carbocycles. The lowest BCUT2D eigenvalue weighted by molar-refractivity contribution is -0.119. The molecule has 2 aromatic carbocycles. The Morgan fingerprint density at radius 2 is 1.73 bits per heavy atom. The van der Waals surface area contributed by atoms with E-state index in [0.29, 0.717) is 11.9 Å². The summed E-state index contributed by atoms with van der Waals surface area (Å²) in [5.41, 5.74) is 1.62. The average molecular weight is 429 g/mol. The van der Waals surface area contributed by atoms with E-state index >= 15 is 0 Å². The maximum absolute atomic E-state index is 13.2. The van der Waals surface area contributed by atoms with Crippen molar-refractivity contribution >= 4 is 26.6 Å². The first kappa shape index (κ1) is 20.6. The molecule has 158 valence electrons. The second-order valence-corrected chi connectivity index (χ2v) is 9.88. The highest BCUT2D eigenvalue weighted by Crippen LogP contribution is 2.27. The molecule has 3 aromatic rings. The van der Waals surface area contributed by atoms with Crippen LogP contribution >= 0.6 is 0 Å². The standard InChI is InChI=1S/C23H25FN2O3S/c24-18-12-10-17(11-13-18)14-26-15-22(20-8-4-5-9-21(20)26)30(28,29)16-23(27)25-19-6-2-1-3-7-19/h4-5,8-13,15,19H,1-3,6-7,14,16H2,(H,25,27). The van der Waals surface area contributed by atoms with Gasteiger partial charge in [0.05, 0.1) is 4.90 Å². The van der Waals surface area contributed by atoms with Gasteiger partial charge in [-0.1, -0.05) is 49.6 Å². The quantitative estimate of drug-likeness (QED) is 0.644. The summed E-state index contributed by atoms with van der Waals surface area (Å²) in [4.78, 5) is 12.6. The molecule has 1 amide bonds. The normalized spacial score (nSPS) is 15.4. The van der Waals surface area contributed by atoms with Gasteiger partial charge in [-0.25, -0.2) is 12.8 Å². The molecule has 0 atom stereocenters. The molecule has 0 aliphatic heterocycles. The zero-order valence-electron chi connectivity index (χ0n) is 16.7. The second kappa shape index (κ2) is 8.60. The van der Waals surface area contributed by atoms with Crippen LogP contribution in [0.4, 0.5) is 4.39 Å². The van der Waals surface area contributed by atoms with Gasteiger partial charge >= 0.3 is 0 Å². The lowest BCUT2D eigenvalue weighted by Gasteiger charge is -2.22. The molecule has 4 rings (SSSR count). The number of amides is 1. The van der Waals surface area contributed by atoms with Crippen molar-refractivity contribution in [3.05, 3.63) is 66.1 Å². The van der Waals surface area contributed by atoms with E-state index in [-0.39, 0.29) is 16.8 Å². The van der Waals surface area contributed by atoms with Gasteiger partial charge in [-0.3, -0.25) is 4.79 Å². The van der Waals surface area contributed by atoms with Crippen molar-refractivity contribution in [1.82, 2.24) is 9.88 Å². The van der Waals surface area contributed by atoms with Crippen LogP contribution in [0.15, 0.2) is 59.6 Å². The SMILES string of the molecule is O=C(CS(=O)(=O)c1cn(Cc2ccc(F)cc2)c2ccccc12)NC1CCCCC1. The summed E-state index contributed by atoms with van der Waals surface area (Å²) in [6.07, 6.45) is 6.68. The fourth-order valence-corrected chi connectivity index (χ4v) is 5.52. The number of carbonyl (C=O) groups excluding carboxylic acids is 1. The van der Waals surface area contributed by atoms with E-state index in [4.69, 9.17) is 0 Å². The van der Waals surface area contributed by atoms with E-state index in [9.17, 15) is 17.6 Å². The topological polar surface area (TPSA) is 68.2 Å². The van der Waals surface area contributed by atoms with E-state index in [1.807, 2.05) is 16.7 Å². The maximum atomic E-state index is 13.2. The fraction of sp³-hybridized carbons (Fsp3) is 0.348. The summed E-state index contributed by atoms with van der Waals surface area (Å²) in [6, 6.07) is 13.4. The lowest BCUT2D eigenvalue weighted by atomic mass is 9.95. The third kappa shape index (κ3) is 4.56. The summed E-state index contributed by atoms with van der Waals surface area (Å²) < 4.78 is 41.2. The molecule has 0 spiro atoms. The largest absolute Gasteiger partial charge is 0.352 e. The Labute approximate surface area is 175 Å². The molecule has 0 radical (unpaired) electrons. The number of sulfone groups is 1. The Hall–Kier alpha value is -2.67. The number of halogens is 1. The molecule has 0 saturated heterocycles. The van der Waals surface area contributed by atoms with Gasteiger partial charge < -0.3 is 9.88 Å². The molecular weight excluding hydrogens is 403 g/mol. The van der Waals surface area contributed by atoms with Crippen LogP contribution in [0.2, 0.25) is 0 Å². The predicted octanol–water partition coefficient (Wildman–Crippen LogP) is 4.05. The van der Waals surface area contributed by atoms with Gasteiger partial charge in [0, 0.05) is 29.7 Å². The monoisotopic (exact) mass is 428 g/mol. The van der Waals surface area contributed by atoms with Gasteiger partial charge in [-0.15, -0.1) is 0 Å². The third-order valence-electron chi connectivity index (χ3n) is 5.64. The first-order valence-electron chi connectivity index (χ1n) is 10.3. The number of rotatable bonds is 6. The van der Waals surface area contributed by atoms with Gasteiger partial charge in [-0.2, -0.15) is 0 Å². The van der Waals surface area contributed by atoms with E-state index in [0.717, 1.165) is 43.2 Å². The van der Waals surface area contributed by atoms with Crippen LogP contribution in [0.5, 0.6) is 0 Å². The Balaban J connectivity index is 1.59. The lowest BCUT2D eigenvalue weighted by Crippen LogP contribution is -2.39. The molecule has 5 nitrogen and oxygen atoms in total. The van der Waals surface area contributed by atoms with E-state index in [2.05, 4.69) is 5.32 Å². The van der Waals surface area contributed by atoms with Crippen LogP contribution in [0.3, 0.4) is 0 Å². The van der Waals surface area contributed by atoms with Crippen LogP contribution in [0, 0.1) is 5.82 Å². The van der Waals surface area contributed by atoms with E-state index in [1.54, 1.807) is 30.5 Å². The van der Waals surface area contributed by atoms with E-state index < -0.39 is 21.5 Å². The first-order valence-corrected chi connectivity index (χ1v) is 11.9. The summed E-state index contributed by atoms with van der Waals surface area (Å²) >= 11 is 0. The fourth-order valence-electron chi connectivity index (χ4n) is 4.14. The number of hydrogen-bond donors (Lipinski definition) is 1. The number of hydrogen-bond acceptors (Lipinski definition) is 3. The summed E-state index contributed by atoms with van der Waals surface area (Å²) in [6.45, 7) is 0.407. The van der Waals surface area contributed by atoms with Crippen molar-refractivity contribution in [3.63, 3.8) is 0 Å². The summed E-state index contributed by atoms with van der Waals surface area (Å²) in [5.74, 6) is -1.32. The van der Waals surface area contributed by atoms with Crippen molar-refractivity contribution in [2.75, 3.05) is 5.75 Å². The maximum Gasteiger partial charge on any atom is 0.235 e. The van der Waals surface area contributed by atoms with Crippen LogP contribution in [-0.4, -0.2) is 30.7 Å². The van der Waals surface area contributed by atoms with Gasteiger partial charge in [0.1, 0.15) is 11.6 Å². The molecule has 0 bridgehead atoms. The Bertz CT molecular complexity index is 1150. The van der Waals surface area contributed by atoms with Crippen LogP contribution < -0.4 is 5.32 Å². The summed E-state index contributed by atoms with van der Waals surface area (Å²) in [7, 11) is -3.81. The van der Waals surface area contributed by atoms with Crippen molar-refractivity contribution in [2.24, 2.45) is 0 Å². The molecular formula is C23H25FN2O3S. The number of fused-ring (bicyclic) bond motifs is 1. The zero-order chi connectivity index (χ0) is 21.1. The van der Waals surface area contributed by atoms with Gasteiger partial charge in [0.25, 0.3) is 0 Å². The van der Waals surface area contributed by atoms with Gasteiger partial charge in [0.15, 0.2) is 9.84 Å². The van der Waals surface area contributed by atoms with Crippen LogP contribution in [-0.2, 0) is 21.2 Å². The van der Waals surface area contributed by atoms with Crippen LogP contribution in [0.1, 0.15) is 37.7 Å². The molecule has 7 heteroatoms. The molecule has 0 unspecified atom stereocenters. The number of nitrogens with zero attached hydrogens (tertiary/aromatic N) is 1. The second-order valence-electron chi connectivity index (χ2n) is 7.93. The highest BCUT2D eigenvalue weighted by molar-refractivity contribution is 7.92. The Kier molecular flexibility index (Phi) is 5.90. The smallest absolute Gasteiger partial charge is 0.235 e. The minimum atomic E-state index is -3.81. The highest BCUT2D eigenvalue weighted by atomic mass is 32.2. The van der Waals surface area contributed by atoms with E-state index in [1.165, 1.54) is 12.1 Å². The minimum absolute atomic E-state index is 0.0706. The van der Waals surface area contributed by atoms with Gasteiger partial charge in [-0.05, 0) is 36.6 Å². The minimum Gasteiger partial charge on any atom is -0.352 e. The summed E-state index contributed by atoms with van der Waals surface area (Å²) in [5, 5.41) is 3.47. The molecule has 1 saturated carbocycles. The van der Waals surface area contributed by atoms with Crippen molar-refractivity contribution < 1.29 is 17.6 Å². The molecule has 30 heavy (non-hydrogen) atoms. The number of carbonyl (C=O) groups is 1. The first-order chi connectivity index (χ1) is 14.4. The molecule has 1 N–H and O–H groups in total. The third-order valence-corrected chi connectivity index (χ3v) is 7.28. The molecule has 1 aromatic heterocycles. The zero-order valence-corrected chi connectivity index (χ0v) is 17.5. The van der Waals surface area contributed by atoms with Crippen molar-refractivity contribution in [1.29, 1.82) is 0 Å². The number of aromatic nitrogens is 1. The molecule has 1 heterocycles. The molecule has 1 aliphatic rings. The number of nitrogens with one attached hydrogen (secondary N) is 1.